The fourth-order valence-corrected chi connectivity index (χ4v) is 2.83. The molecule has 0 atom stereocenters. The monoisotopic (exact) mass is 344 g/mol. The van der Waals surface area contributed by atoms with Crippen LogP contribution >= 0.6 is 0 Å². The highest BCUT2D eigenvalue weighted by Gasteiger charge is 2.25. The molecule has 2 fully saturated rings. The summed E-state index contributed by atoms with van der Waals surface area (Å²) in [6, 6.07) is 6.91. The molecule has 0 unspecified atom stereocenters. The molecule has 1 aromatic rings. The Hall–Kier alpha value is -2.31. The third-order valence-corrected chi connectivity index (χ3v) is 4.60. The molecule has 1 aromatic heterocycles. The third-order valence-electron chi connectivity index (χ3n) is 4.60. The van der Waals surface area contributed by atoms with Gasteiger partial charge in [0.2, 0.25) is 5.91 Å². The first-order valence-corrected chi connectivity index (χ1v) is 9.05. The van der Waals surface area contributed by atoms with Crippen LogP contribution in [-0.4, -0.2) is 67.6 Å². The van der Waals surface area contributed by atoms with Crippen molar-refractivity contribution in [3.8, 4) is 0 Å². The number of aliphatic imine (C=N–C) groups is 1. The molecule has 2 N–H and O–H groups in total. The summed E-state index contributed by atoms with van der Waals surface area (Å²) < 4.78 is 0. The summed E-state index contributed by atoms with van der Waals surface area (Å²) >= 11 is 0. The predicted molar refractivity (Wildman–Crippen MR) is 99.8 cm³/mol. The Morgan fingerprint density at radius 2 is 1.88 bits per heavy atom. The third kappa shape index (κ3) is 5.34. The number of nitrogens with zero attached hydrogens (tertiary/aromatic N) is 4. The van der Waals surface area contributed by atoms with Crippen molar-refractivity contribution in [2.45, 2.75) is 37.8 Å². The molecule has 0 radical (unpaired) electrons. The zero-order valence-electron chi connectivity index (χ0n) is 15.1. The van der Waals surface area contributed by atoms with Crippen molar-refractivity contribution in [3.63, 3.8) is 0 Å². The van der Waals surface area contributed by atoms with Crippen molar-refractivity contribution in [2.75, 3.05) is 38.6 Å². The van der Waals surface area contributed by atoms with E-state index in [1.54, 1.807) is 19.0 Å². The lowest BCUT2D eigenvalue weighted by Crippen LogP contribution is -2.49. The predicted octanol–water partition coefficient (Wildman–Crippen LogP) is 0.836. The van der Waals surface area contributed by atoms with E-state index in [2.05, 4.69) is 31.6 Å². The highest BCUT2D eigenvalue weighted by Crippen LogP contribution is 2.19. The molecule has 3 rings (SSSR count). The topological polar surface area (TPSA) is 72.9 Å². The van der Waals surface area contributed by atoms with Crippen LogP contribution in [0.5, 0.6) is 0 Å². The van der Waals surface area contributed by atoms with Crippen LogP contribution in [0.4, 0.5) is 5.82 Å². The maximum atomic E-state index is 11.8. The van der Waals surface area contributed by atoms with Crippen molar-refractivity contribution < 1.29 is 4.79 Å². The second-order valence-electron chi connectivity index (χ2n) is 6.97. The van der Waals surface area contributed by atoms with Gasteiger partial charge in [0.25, 0.3) is 0 Å². The number of rotatable bonds is 5. The van der Waals surface area contributed by atoms with E-state index in [1.165, 1.54) is 12.8 Å². The number of nitrogens with one attached hydrogen (secondary N) is 2. The van der Waals surface area contributed by atoms with E-state index in [4.69, 9.17) is 0 Å². The molecule has 7 heteroatoms. The number of hydrogen-bond donors (Lipinski definition) is 2. The molecule has 25 heavy (non-hydrogen) atoms. The van der Waals surface area contributed by atoms with Gasteiger partial charge in [-0.25, -0.2) is 9.98 Å². The van der Waals surface area contributed by atoms with Crippen molar-refractivity contribution in [1.29, 1.82) is 0 Å². The molecular weight excluding hydrogens is 316 g/mol. The average molecular weight is 344 g/mol. The van der Waals surface area contributed by atoms with Gasteiger partial charge in [0.15, 0.2) is 5.96 Å². The zero-order chi connectivity index (χ0) is 17.6. The Labute approximate surface area is 149 Å². The molecule has 1 saturated carbocycles. The number of guanidine groups is 1. The number of pyridine rings is 1. The molecule has 1 aliphatic carbocycles. The van der Waals surface area contributed by atoms with E-state index in [9.17, 15) is 4.79 Å². The van der Waals surface area contributed by atoms with Crippen molar-refractivity contribution >= 4 is 17.7 Å². The normalized spacial score (nSPS) is 18.8. The van der Waals surface area contributed by atoms with E-state index in [0.717, 1.165) is 37.7 Å². The maximum absolute atomic E-state index is 11.8. The van der Waals surface area contributed by atoms with Crippen LogP contribution in [0.3, 0.4) is 0 Å². The van der Waals surface area contributed by atoms with Gasteiger partial charge in [0.05, 0.1) is 0 Å². The first-order valence-electron chi connectivity index (χ1n) is 9.05. The summed E-state index contributed by atoms with van der Waals surface area (Å²) in [6.07, 6.45) is 6.26. The summed E-state index contributed by atoms with van der Waals surface area (Å²) in [5.41, 5.74) is 0. The summed E-state index contributed by atoms with van der Waals surface area (Å²) in [4.78, 5) is 24.6. The van der Waals surface area contributed by atoms with Gasteiger partial charge < -0.3 is 20.4 Å². The second-order valence-corrected chi connectivity index (χ2v) is 6.97. The molecular formula is C18H28N6O. The van der Waals surface area contributed by atoms with Gasteiger partial charge in [-0.2, -0.15) is 0 Å². The van der Waals surface area contributed by atoms with Crippen LogP contribution in [0.25, 0.3) is 0 Å². The number of likely N-dealkylation sites (N-methyl/N-ethyl adjacent to an activating group) is 1. The Morgan fingerprint density at radius 3 is 2.44 bits per heavy atom. The summed E-state index contributed by atoms with van der Waals surface area (Å²) in [5.74, 6) is 1.83. The van der Waals surface area contributed by atoms with E-state index in [1.807, 2.05) is 18.3 Å². The number of amides is 1. The Morgan fingerprint density at radius 1 is 1.20 bits per heavy atom. The number of hydrogen-bond acceptors (Lipinski definition) is 4. The van der Waals surface area contributed by atoms with Crippen LogP contribution in [0, 0.1) is 0 Å². The van der Waals surface area contributed by atoms with Crippen molar-refractivity contribution in [3.05, 3.63) is 24.4 Å². The number of carbonyl (C=O) groups excluding carboxylic acids is 1. The van der Waals surface area contributed by atoms with Crippen molar-refractivity contribution in [2.24, 2.45) is 4.99 Å². The minimum absolute atomic E-state index is 0.0156. The van der Waals surface area contributed by atoms with Gasteiger partial charge in [-0.3, -0.25) is 4.79 Å². The minimum Gasteiger partial charge on any atom is -0.356 e. The highest BCUT2D eigenvalue weighted by atomic mass is 16.2. The molecule has 0 aromatic carbocycles. The second kappa shape index (κ2) is 8.18. The number of anilines is 1. The summed E-state index contributed by atoms with van der Waals surface area (Å²) in [7, 11) is 3.51. The van der Waals surface area contributed by atoms with Crippen molar-refractivity contribution in [1.82, 2.24) is 20.5 Å². The van der Waals surface area contributed by atoms with Gasteiger partial charge in [-0.15, -0.1) is 0 Å². The number of aromatic nitrogens is 1. The molecule has 0 spiro atoms. The standard InChI is InChI=1S/C18H28N6O/c1-23(2)17(25)13-20-18(21-14-6-7-14)22-15-8-11-24(12-9-15)16-5-3-4-10-19-16/h3-5,10,14-15H,6-9,11-13H2,1-2H3,(H2,20,21,22). The average Bonchev–Trinajstić information content (AvgIpc) is 3.44. The molecule has 136 valence electrons. The molecule has 1 aliphatic heterocycles. The molecule has 7 nitrogen and oxygen atoms in total. The van der Waals surface area contributed by atoms with Crippen LogP contribution in [0.2, 0.25) is 0 Å². The largest absolute Gasteiger partial charge is 0.356 e. The molecule has 1 amide bonds. The zero-order valence-corrected chi connectivity index (χ0v) is 15.1. The van der Waals surface area contributed by atoms with E-state index < -0.39 is 0 Å². The first-order chi connectivity index (χ1) is 12.1. The smallest absolute Gasteiger partial charge is 0.243 e. The van der Waals surface area contributed by atoms with Gasteiger partial charge in [0.1, 0.15) is 12.4 Å². The maximum Gasteiger partial charge on any atom is 0.243 e. The first kappa shape index (κ1) is 17.5. The molecule has 2 aliphatic rings. The van der Waals surface area contributed by atoms with Gasteiger partial charge in [0, 0.05) is 45.5 Å². The molecule has 2 heterocycles. The van der Waals surface area contributed by atoms with Crippen LogP contribution in [0.1, 0.15) is 25.7 Å². The lowest BCUT2D eigenvalue weighted by Gasteiger charge is -2.33. The van der Waals surface area contributed by atoms with Crippen LogP contribution in [0.15, 0.2) is 29.4 Å². The Kier molecular flexibility index (Phi) is 5.73. The van der Waals surface area contributed by atoms with E-state index in [0.29, 0.717) is 12.1 Å². The minimum atomic E-state index is 0.0156. The van der Waals surface area contributed by atoms with E-state index >= 15 is 0 Å². The summed E-state index contributed by atoms with van der Waals surface area (Å²) in [6.45, 7) is 2.13. The Bertz CT molecular complexity index is 591. The molecule has 0 bridgehead atoms. The van der Waals surface area contributed by atoms with Gasteiger partial charge in [-0.05, 0) is 37.8 Å². The lowest BCUT2D eigenvalue weighted by atomic mass is 10.1. The lowest BCUT2D eigenvalue weighted by molar-refractivity contribution is -0.127. The molecule has 1 saturated heterocycles. The number of carbonyl (C=O) groups is 1. The highest BCUT2D eigenvalue weighted by molar-refractivity contribution is 5.85. The van der Waals surface area contributed by atoms with Gasteiger partial charge >= 0.3 is 0 Å². The Balaban J connectivity index is 1.52. The fraction of sp³-hybridized carbons (Fsp3) is 0.611. The van der Waals surface area contributed by atoms with Crippen LogP contribution in [-0.2, 0) is 4.79 Å². The fourth-order valence-electron chi connectivity index (χ4n) is 2.83. The number of piperidine rings is 1. The quantitative estimate of drug-likeness (QED) is 0.612. The van der Waals surface area contributed by atoms with Gasteiger partial charge in [-0.1, -0.05) is 6.07 Å². The summed E-state index contributed by atoms with van der Waals surface area (Å²) in [5, 5.41) is 6.93. The van der Waals surface area contributed by atoms with E-state index in [-0.39, 0.29) is 12.5 Å². The SMILES string of the molecule is CN(C)C(=O)CN=C(NC1CC1)NC1CCN(c2ccccn2)CC1. The van der Waals surface area contributed by atoms with Crippen LogP contribution < -0.4 is 15.5 Å².